The molecule has 1 aromatic heterocycles. The maximum atomic E-state index is 11.4. The van der Waals surface area contributed by atoms with Gasteiger partial charge in [-0.05, 0) is 28.1 Å². The van der Waals surface area contributed by atoms with E-state index < -0.39 is 0 Å². The smallest absolute Gasteiger partial charge is 0.240 e. The summed E-state index contributed by atoms with van der Waals surface area (Å²) in [4.78, 5) is 17.6. The fraction of sp³-hybridized carbons (Fsp3) is 0.455. The second-order valence-corrected chi connectivity index (χ2v) is 4.91. The quantitative estimate of drug-likeness (QED) is 0.901. The number of carbonyl (C=O) groups is 1. The summed E-state index contributed by atoms with van der Waals surface area (Å²) in [6.45, 7) is 0.638. The number of halogens is 1. The fourth-order valence-corrected chi connectivity index (χ4v) is 2.26. The molecule has 2 rings (SSSR count). The highest BCUT2D eigenvalue weighted by Crippen LogP contribution is 2.26. The van der Waals surface area contributed by atoms with Crippen LogP contribution in [-0.2, 0) is 9.53 Å². The van der Waals surface area contributed by atoms with Gasteiger partial charge in [-0.25, -0.2) is 4.98 Å². The van der Waals surface area contributed by atoms with Gasteiger partial charge in [-0.15, -0.1) is 0 Å². The van der Waals surface area contributed by atoms with E-state index in [4.69, 9.17) is 10.5 Å². The Morgan fingerprint density at radius 2 is 2.41 bits per heavy atom. The normalized spacial score (nSPS) is 24.0. The first-order valence-corrected chi connectivity index (χ1v) is 6.11. The number of ether oxygens (including phenoxy) is 1. The minimum absolute atomic E-state index is 0.0259. The zero-order valence-electron chi connectivity index (χ0n) is 9.47. The van der Waals surface area contributed by atoms with Crippen LogP contribution in [0.15, 0.2) is 22.8 Å². The van der Waals surface area contributed by atoms with Gasteiger partial charge in [-0.2, -0.15) is 0 Å². The number of nitrogens with zero attached hydrogens (tertiary/aromatic N) is 2. The Kier molecular flexibility index (Phi) is 3.63. The van der Waals surface area contributed by atoms with E-state index in [1.807, 2.05) is 17.0 Å². The zero-order chi connectivity index (χ0) is 12.4. The molecule has 17 heavy (non-hydrogen) atoms. The molecule has 0 spiro atoms. The third-order valence-electron chi connectivity index (χ3n) is 2.93. The number of carbonyl (C=O) groups excluding carboxylic acids is 1. The first-order valence-electron chi connectivity index (χ1n) is 5.32. The summed E-state index contributed by atoms with van der Waals surface area (Å²) >= 11 is 3.33. The molecule has 0 saturated carbocycles. The molecule has 1 saturated heterocycles. The van der Waals surface area contributed by atoms with Crippen LogP contribution in [0.1, 0.15) is 6.42 Å². The van der Waals surface area contributed by atoms with Crippen LogP contribution in [0.25, 0.3) is 0 Å². The van der Waals surface area contributed by atoms with Crippen molar-refractivity contribution in [3.63, 3.8) is 0 Å². The number of rotatable bonds is 3. The second-order valence-electron chi connectivity index (χ2n) is 4.00. The predicted octanol–water partition coefficient (Wildman–Crippen LogP) is 0.923. The molecule has 6 heteroatoms. The van der Waals surface area contributed by atoms with Gasteiger partial charge in [-0.1, -0.05) is 0 Å². The Morgan fingerprint density at radius 1 is 1.65 bits per heavy atom. The van der Waals surface area contributed by atoms with Crippen LogP contribution < -0.4 is 10.6 Å². The van der Waals surface area contributed by atoms with Gasteiger partial charge in [0.05, 0.1) is 6.10 Å². The molecule has 1 amide bonds. The lowest BCUT2D eigenvalue weighted by molar-refractivity contribution is -0.119. The number of nitrogens with two attached hydrogens (primary N) is 1. The molecule has 1 fully saturated rings. The van der Waals surface area contributed by atoms with Gasteiger partial charge < -0.3 is 15.4 Å². The second kappa shape index (κ2) is 5.01. The first kappa shape index (κ1) is 12.3. The number of methoxy groups -OCH3 is 1. The van der Waals surface area contributed by atoms with Gasteiger partial charge in [0.25, 0.3) is 0 Å². The zero-order valence-corrected chi connectivity index (χ0v) is 11.1. The predicted molar refractivity (Wildman–Crippen MR) is 67.7 cm³/mol. The van der Waals surface area contributed by atoms with Crippen molar-refractivity contribution >= 4 is 27.7 Å². The van der Waals surface area contributed by atoms with Crippen LogP contribution in [0.2, 0.25) is 0 Å². The highest BCUT2D eigenvalue weighted by atomic mass is 79.9. The lowest BCUT2D eigenvalue weighted by Crippen LogP contribution is -2.40. The lowest BCUT2D eigenvalue weighted by Gasteiger charge is -2.22. The van der Waals surface area contributed by atoms with Crippen molar-refractivity contribution in [3.8, 4) is 0 Å². The van der Waals surface area contributed by atoms with E-state index in [0.717, 1.165) is 10.3 Å². The van der Waals surface area contributed by atoms with Crippen molar-refractivity contribution in [1.29, 1.82) is 0 Å². The number of amides is 1. The molecule has 1 aliphatic heterocycles. The van der Waals surface area contributed by atoms with Crippen molar-refractivity contribution in [2.45, 2.75) is 18.6 Å². The van der Waals surface area contributed by atoms with Gasteiger partial charge in [0.1, 0.15) is 11.9 Å². The molecule has 2 heterocycles. The van der Waals surface area contributed by atoms with Gasteiger partial charge >= 0.3 is 0 Å². The van der Waals surface area contributed by atoms with Crippen molar-refractivity contribution in [3.05, 3.63) is 22.8 Å². The Morgan fingerprint density at radius 3 is 2.94 bits per heavy atom. The summed E-state index contributed by atoms with van der Waals surface area (Å²) in [6.07, 6.45) is 2.34. The Labute approximate surface area is 108 Å². The number of primary amides is 1. The van der Waals surface area contributed by atoms with Crippen molar-refractivity contribution in [1.82, 2.24) is 4.98 Å². The molecule has 0 aliphatic carbocycles. The monoisotopic (exact) mass is 299 g/mol. The molecule has 0 radical (unpaired) electrons. The molecule has 1 aromatic rings. The van der Waals surface area contributed by atoms with Crippen LogP contribution in [0.5, 0.6) is 0 Å². The van der Waals surface area contributed by atoms with Crippen LogP contribution in [-0.4, -0.2) is 36.7 Å². The molecule has 0 unspecified atom stereocenters. The Balaban J connectivity index is 2.23. The standard InChI is InChI=1S/C11H14BrN3O2/c1-17-8-4-9(11(13)16)15(6-8)10-3-2-7(12)5-14-10/h2-3,5,8-9H,4,6H2,1H3,(H2,13,16)/t8-,9-/m0/s1. The number of anilines is 1. The molecule has 2 atom stereocenters. The summed E-state index contributed by atoms with van der Waals surface area (Å²) in [6, 6.07) is 3.41. The highest BCUT2D eigenvalue weighted by molar-refractivity contribution is 9.10. The number of hydrogen-bond acceptors (Lipinski definition) is 4. The number of pyridine rings is 1. The van der Waals surface area contributed by atoms with Crippen LogP contribution >= 0.6 is 15.9 Å². The van der Waals surface area contributed by atoms with E-state index >= 15 is 0 Å². The average molecular weight is 300 g/mol. The third kappa shape index (κ3) is 2.58. The minimum Gasteiger partial charge on any atom is -0.380 e. The third-order valence-corrected chi connectivity index (χ3v) is 3.40. The van der Waals surface area contributed by atoms with Crippen LogP contribution in [0, 0.1) is 0 Å². The first-order chi connectivity index (χ1) is 8.11. The van der Waals surface area contributed by atoms with Crippen LogP contribution in [0.3, 0.4) is 0 Å². The molecule has 1 aliphatic rings. The number of aromatic nitrogens is 1. The minimum atomic E-state index is -0.339. The van der Waals surface area contributed by atoms with E-state index in [0.29, 0.717) is 13.0 Å². The molecular weight excluding hydrogens is 286 g/mol. The van der Waals surface area contributed by atoms with Crippen LogP contribution in [0.4, 0.5) is 5.82 Å². The highest BCUT2D eigenvalue weighted by Gasteiger charge is 2.36. The fourth-order valence-electron chi connectivity index (χ4n) is 2.03. The summed E-state index contributed by atoms with van der Waals surface area (Å²) in [5.74, 6) is 0.408. The maximum absolute atomic E-state index is 11.4. The SMILES string of the molecule is CO[C@H]1C[C@@H](C(N)=O)N(c2ccc(Br)cn2)C1. The average Bonchev–Trinajstić information content (AvgIpc) is 2.74. The van der Waals surface area contributed by atoms with E-state index in [9.17, 15) is 4.79 Å². The molecule has 2 N–H and O–H groups in total. The van der Waals surface area contributed by atoms with Gasteiger partial charge in [0, 0.05) is 30.7 Å². The van der Waals surface area contributed by atoms with E-state index in [1.165, 1.54) is 0 Å². The van der Waals surface area contributed by atoms with Gasteiger partial charge in [-0.3, -0.25) is 4.79 Å². The van der Waals surface area contributed by atoms with E-state index in [-0.39, 0.29) is 18.1 Å². The summed E-state index contributed by atoms with van der Waals surface area (Å²) in [5.41, 5.74) is 5.40. The lowest BCUT2D eigenvalue weighted by atomic mass is 10.2. The summed E-state index contributed by atoms with van der Waals surface area (Å²) < 4.78 is 6.18. The van der Waals surface area contributed by atoms with Gasteiger partial charge in [0.2, 0.25) is 5.91 Å². The van der Waals surface area contributed by atoms with Crippen molar-refractivity contribution < 1.29 is 9.53 Å². The largest absolute Gasteiger partial charge is 0.380 e. The number of hydrogen-bond donors (Lipinski definition) is 1. The Hall–Kier alpha value is -1.14. The van der Waals surface area contributed by atoms with Crippen molar-refractivity contribution in [2.75, 3.05) is 18.6 Å². The topological polar surface area (TPSA) is 68.5 Å². The molecule has 0 aromatic carbocycles. The molecular formula is C11H14BrN3O2. The van der Waals surface area contributed by atoms with Gasteiger partial charge in [0.15, 0.2) is 0 Å². The summed E-state index contributed by atoms with van der Waals surface area (Å²) in [5, 5.41) is 0. The van der Waals surface area contributed by atoms with Crippen molar-refractivity contribution in [2.24, 2.45) is 5.73 Å². The molecule has 92 valence electrons. The Bertz CT molecular complexity index is 410. The maximum Gasteiger partial charge on any atom is 0.240 e. The summed E-state index contributed by atoms with van der Waals surface area (Å²) in [7, 11) is 1.64. The van der Waals surface area contributed by atoms with E-state index in [1.54, 1.807) is 13.3 Å². The molecule has 0 bridgehead atoms. The van der Waals surface area contributed by atoms with E-state index in [2.05, 4.69) is 20.9 Å². The molecule has 5 nitrogen and oxygen atoms in total.